The number of nitrogens with zero attached hydrogens (tertiary/aromatic N) is 1. The number of carbonyl (C=O) groups excluding carboxylic acids is 1. The summed E-state index contributed by atoms with van der Waals surface area (Å²) in [5.74, 6) is -2.59. The Hall–Kier alpha value is -3.40. The van der Waals surface area contributed by atoms with Gasteiger partial charge in [0.05, 0.1) is 22.5 Å². The highest BCUT2D eigenvalue weighted by Crippen LogP contribution is 2.47. The number of aromatic nitrogens is 1. The fourth-order valence-electron chi connectivity index (χ4n) is 4.77. The van der Waals surface area contributed by atoms with Gasteiger partial charge in [0.15, 0.2) is 5.75 Å². The van der Waals surface area contributed by atoms with E-state index in [1.54, 1.807) is 25.3 Å². The first kappa shape index (κ1) is 24.3. The number of phenolic OH excluding ortho intramolecular Hbond substituents is 1. The molecule has 1 atom stereocenters. The Morgan fingerprint density at radius 1 is 1.22 bits per heavy atom. The number of carboxylic acid groups (broad SMARTS) is 1. The molecule has 0 spiro atoms. The van der Waals surface area contributed by atoms with Crippen LogP contribution in [-0.4, -0.2) is 32.4 Å². The van der Waals surface area contributed by atoms with Gasteiger partial charge in [0.2, 0.25) is 5.43 Å². The molecular formula is C26H27FN2O6S. The maximum Gasteiger partial charge on any atom is 0.408 e. The van der Waals surface area contributed by atoms with E-state index in [2.05, 4.69) is 5.32 Å². The first-order chi connectivity index (χ1) is 16.9. The minimum absolute atomic E-state index is 0.0326. The third-order valence-corrected chi connectivity index (χ3v) is 7.76. The van der Waals surface area contributed by atoms with Crippen molar-refractivity contribution < 1.29 is 28.9 Å². The normalized spacial score (nSPS) is 17.6. The Morgan fingerprint density at radius 3 is 2.58 bits per heavy atom. The van der Waals surface area contributed by atoms with Crippen LogP contribution in [-0.2, 0) is 11.2 Å². The van der Waals surface area contributed by atoms with Crippen molar-refractivity contribution in [2.45, 2.75) is 70.6 Å². The number of carboxylic acids is 1. The van der Waals surface area contributed by atoms with Crippen molar-refractivity contribution >= 4 is 34.3 Å². The number of carbonyl (C=O) groups is 2. The minimum atomic E-state index is -1.39. The summed E-state index contributed by atoms with van der Waals surface area (Å²) in [7, 11) is 0. The molecular weight excluding hydrogens is 487 g/mol. The molecule has 2 aromatic heterocycles. The zero-order chi connectivity index (χ0) is 25.9. The Morgan fingerprint density at radius 2 is 1.94 bits per heavy atom. The standard InChI is InChI=1S/C26H27FN2O6S/c1-26(2,3)35-25(34)28-17-6-4-5-12-9-18(36-23(12)17)19-16(27)10-14-20(22(19)31)29(13-7-8-13)11-15(21(14)30)24(32)33/h9-11,13,17,31H,4-8H2,1-3H3,(H,28,34)(H,32,33). The first-order valence-corrected chi connectivity index (χ1v) is 12.7. The molecule has 3 N–H and O–H groups in total. The fraction of sp³-hybridized carbons (Fsp3) is 0.423. The second-order valence-corrected chi connectivity index (χ2v) is 11.5. The van der Waals surface area contributed by atoms with Gasteiger partial charge in [0.25, 0.3) is 0 Å². The predicted molar refractivity (Wildman–Crippen MR) is 133 cm³/mol. The van der Waals surface area contributed by atoms with E-state index in [1.165, 1.54) is 17.5 Å². The number of ether oxygens (including phenoxy) is 1. The number of hydrogen-bond acceptors (Lipinski definition) is 6. The molecule has 8 nitrogen and oxygen atoms in total. The lowest BCUT2D eigenvalue weighted by Gasteiger charge is -2.26. The number of thiophene rings is 1. The highest BCUT2D eigenvalue weighted by atomic mass is 32.1. The van der Waals surface area contributed by atoms with Gasteiger partial charge in [-0.3, -0.25) is 4.79 Å². The minimum Gasteiger partial charge on any atom is -0.505 e. The second kappa shape index (κ2) is 8.62. The molecule has 5 rings (SSSR count). The molecule has 10 heteroatoms. The van der Waals surface area contributed by atoms with Crippen molar-refractivity contribution in [2.75, 3.05) is 0 Å². The van der Waals surface area contributed by atoms with Crippen LogP contribution in [0.5, 0.6) is 5.75 Å². The first-order valence-electron chi connectivity index (χ1n) is 11.9. The number of amides is 1. The number of aromatic carboxylic acids is 1. The van der Waals surface area contributed by atoms with E-state index >= 15 is 4.39 Å². The Balaban J connectivity index is 1.61. The van der Waals surface area contributed by atoms with Crippen molar-refractivity contribution in [3.05, 3.63) is 50.4 Å². The summed E-state index contributed by atoms with van der Waals surface area (Å²) in [5, 5.41) is 23.5. The SMILES string of the molecule is CC(C)(C)OC(=O)NC1CCCc2cc(-c3c(F)cc4c(=O)c(C(=O)O)cn(C5CC5)c4c3O)sc21. The van der Waals surface area contributed by atoms with E-state index in [1.807, 2.05) is 6.07 Å². The molecule has 1 amide bonds. The van der Waals surface area contributed by atoms with Crippen LogP contribution in [0.3, 0.4) is 0 Å². The molecule has 2 aliphatic rings. The summed E-state index contributed by atoms with van der Waals surface area (Å²) in [4.78, 5) is 38.1. The summed E-state index contributed by atoms with van der Waals surface area (Å²) < 4.78 is 22.4. The lowest BCUT2D eigenvalue weighted by molar-refractivity contribution is 0.0499. The van der Waals surface area contributed by atoms with Crippen LogP contribution in [0.1, 0.15) is 79.3 Å². The second-order valence-electron chi connectivity index (χ2n) is 10.4. The van der Waals surface area contributed by atoms with Crippen LogP contribution in [0.4, 0.5) is 9.18 Å². The van der Waals surface area contributed by atoms with Crippen molar-refractivity contribution in [1.82, 2.24) is 9.88 Å². The van der Waals surface area contributed by atoms with Crippen molar-refractivity contribution in [2.24, 2.45) is 0 Å². The van der Waals surface area contributed by atoms with Crippen LogP contribution in [0, 0.1) is 5.82 Å². The molecule has 1 fully saturated rings. The molecule has 2 aliphatic carbocycles. The molecule has 1 saturated carbocycles. The highest BCUT2D eigenvalue weighted by Gasteiger charge is 2.32. The van der Waals surface area contributed by atoms with Crippen LogP contribution >= 0.6 is 11.3 Å². The number of hydrogen-bond donors (Lipinski definition) is 3. The van der Waals surface area contributed by atoms with Gasteiger partial charge >= 0.3 is 12.1 Å². The summed E-state index contributed by atoms with van der Waals surface area (Å²) in [6, 6.07) is 2.48. The lowest BCUT2D eigenvalue weighted by atomic mass is 9.94. The molecule has 3 aromatic rings. The largest absolute Gasteiger partial charge is 0.505 e. The number of aromatic hydroxyl groups is 1. The number of pyridine rings is 1. The number of aryl methyl sites for hydroxylation is 1. The average molecular weight is 515 g/mol. The van der Waals surface area contributed by atoms with Crippen LogP contribution in [0.25, 0.3) is 21.3 Å². The molecule has 2 heterocycles. The predicted octanol–water partition coefficient (Wildman–Crippen LogP) is 5.51. The summed E-state index contributed by atoms with van der Waals surface area (Å²) >= 11 is 1.28. The molecule has 1 aromatic carbocycles. The van der Waals surface area contributed by atoms with Gasteiger partial charge < -0.3 is 24.8 Å². The summed E-state index contributed by atoms with van der Waals surface area (Å²) in [5.41, 5.74) is -0.860. The number of fused-ring (bicyclic) bond motifs is 2. The van der Waals surface area contributed by atoms with E-state index in [9.17, 15) is 24.6 Å². The van der Waals surface area contributed by atoms with Gasteiger partial charge in [-0.2, -0.15) is 0 Å². The van der Waals surface area contributed by atoms with E-state index in [0.29, 0.717) is 11.3 Å². The monoisotopic (exact) mass is 514 g/mol. The van der Waals surface area contributed by atoms with Crippen molar-refractivity contribution in [3.8, 4) is 16.2 Å². The van der Waals surface area contributed by atoms with Crippen molar-refractivity contribution in [1.29, 1.82) is 0 Å². The smallest absolute Gasteiger partial charge is 0.408 e. The molecule has 36 heavy (non-hydrogen) atoms. The van der Waals surface area contributed by atoms with Crippen molar-refractivity contribution in [3.63, 3.8) is 0 Å². The van der Waals surface area contributed by atoms with Gasteiger partial charge in [0, 0.05) is 22.0 Å². The zero-order valence-corrected chi connectivity index (χ0v) is 21.0. The Labute approximate surface area is 210 Å². The van der Waals surface area contributed by atoms with Gasteiger partial charge in [-0.15, -0.1) is 11.3 Å². The Bertz CT molecular complexity index is 1460. The summed E-state index contributed by atoms with van der Waals surface area (Å²) in [6.07, 6.45) is 4.54. The van der Waals surface area contributed by atoms with Crippen LogP contribution in [0.2, 0.25) is 0 Å². The molecule has 190 valence electrons. The molecule has 0 saturated heterocycles. The fourth-order valence-corrected chi connectivity index (χ4v) is 6.11. The topological polar surface area (TPSA) is 118 Å². The molecule has 0 aliphatic heterocycles. The average Bonchev–Trinajstić information content (AvgIpc) is 3.52. The molecule has 0 bridgehead atoms. The number of phenols is 1. The number of benzene rings is 1. The third-order valence-electron chi connectivity index (χ3n) is 6.45. The number of rotatable bonds is 4. The third kappa shape index (κ3) is 4.34. The van der Waals surface area contributed by atoms with Crippen LogP contribution in [0.15, 0.2) is 23.1 Å². The molecule has 0 radical (unpaired) electrons. The van der Waals surface area contributed by atoms with Gasteiger partial charge in [0.1, 0.15) is 17.0 Å². The van der Waals surface area contributed by atoms with E-state index in [4.69, 9.17) is 4.74 Å². The highest BCUT2D eigenvalue weighted by molar-refractivity contribution is 7.15. The maximum atomic E-state index is 15.4. The van der Waals surface area contributed by atoms with E-state index in [-0.39, 0.29) is 34.3 Å². The van der Waals surface area contributed by atoms with Gasteiger partial charge in [-0.1, -0.05) is 0 Å². The summed E-state index contributed by atoms with van der Waals surface area (Å²) in [6.45, 7) is 5.36. The van der Waals surface area contributed by atoms with Crippen LogP contribution < -0.4 is 10.7 Å². The number of alkyl carbamates (subject to hydrolysis) is 1. The van der Waals surface area contributed by atoms with Gasteiger partial charge in [-0.25, -0.2) is 14.0 Å². The zero-order valence-electron chi connectivity index (χ0n) is 20.2. The van der Waals surface area contributed by atoms with Gasteiger partial charge in [-0.05, 0) is 70.6 Å². The molecule has 1 unspecified atom stereocenters. The lowest BCUT2D eigenvalue weighted by Crippen LogP contribution is -2.35. The van der Waals surface area contributed by atoms with E-state index < -0.39 is 34.5 Å². The maximum absolute atomic E-state index is 15.4. The number of nitrogens with one attached hydrogen (secondary N) is 1. The quantitative estimate of drug-likeness (QED) is 0.423. The Kier molecular flexibility index (Phi) is 5.82. The number of halogens is 1. The van der Waals surface area contributed by atoms with E-state index in [0.717, 1.165) is 42.2 Å².